The van der Waals surface area contributed by atoms with Crippen molar-refractivity contribution in [3.63, 3.8) is 0 Å². The Morgan fingerprint density at radius 3 is 2.17 bits per heavy atom. The summed E-state index contributed by atoms with van der Waals surface area (Å²) in [6.07, 6.45) is 3.70. The summed E-state index contributed by atoms with van der Waals surface area (Å²) < 4.78 is 27.1. The van der Waals surface area contributed by atoms with Crippen LogP contribution >= 0.6 is 11.6 Å². The highest BCUT2D eigenvalue weighted by Gasteiger charge is 2.33. The Hall–Kier alpha value is -3.36. The first-order chi connectivity index (χ1) is 19.1. The molecule has 0 radical (unpaired) electrons. The molecule has 0 aromatic heterocycles. The molecule has 7 nitrogen and oxygen atoms in total. The molecule has 0 aliphatic heterocycles. The van der Waals surface area contributed by atoms with Crippen LogP contribution in [-0.4, -0.2) is 50.5 Å². The Kier molecular flexibility index (Phi) is 11.6. The van der Waals surface area contributed by atoms with E-state index in [0.29, 0.717) is 23.7 Å². The standard InChI is InChI=1S/C31H38ClN3O4S/c1-4-6-20-33-31(37)29(21-24-12-8-7-9-13-24)34(22-25-16-18-27(32)19-17-25)30(36)23-35(40(3,38)39)28-15-11-10-14-26(28)5-2/h7-19,29H,4-6,20-23H2,1-3H3,(H,33,37)/t29-/m0/s1. The van der Waals surface area contributed by atoms with Crippen LogP contribution in [0.5, 0.6) is 0 Å². The summed E-state index contributed by atoms with van der Waals surface area (Å²) in [5.74, 6) is -0.752. The molecule has 1 atom stereocenters. The van der Waals surface area contributed by atoms with Crippen molar-refractivity contribution in [1.82, 2.24) is 10.2 Å². The number of hydrogen-bond acceptors (Lipinski definition) is 4. The summed E-state index contributed by atoms with van der Waals surface area (Å²) in [4.78, 5) is 29.2. The van der Waals surface area contributed by atoms with Crippen LogP contribution in [0.25, 0.3) is 0 Å². The molecule has 0 unspecified atom stereocenters. The molecule has 3 aromatic rings. The smallest absolute Gasteiger partial charge is 0.244 e. The molecule has 0 saturated carbocycles. The first-order valence-corrected chi connectivity index (χ1v) is 15.8. The molecule has 40 heavy (non-hydrogen) atoms. The van der Waals surface area contributed by atoms with Crippen LogP contribution < -0.4 is 9.62 Å². The number of para-hydroxylation sites is 1. The monoisotopic (exact) mass is 583 g/mol. The van der Waals surface area contributed by atoms with Gasteiger partial charge in [0.2, 0.25) is 21.8 Å². The van der Waals surface area contributed by atoms with Crippen molar-refractivity contribution in [1.29, 1.82) is 0 Å². The Morgan fingerprint density at radius 2 is 1.55 bits per heavy atom. The van der Waals surface area contributed by atoms with Crippen molar-refractivity contribution in [3.8, 4) is 0 Å². The van der Waals surface area contributed by atoms with Gasteiger partial charge < -0.3 is 10.2 Å². The average Bonchev–Trinajstić information content (AvgIpc) is 2.94. The molecule has 3 aromatic carbocycles. The maximum absolute atomic E-state index is 14.1. The molecule has 0 spiro atoms. The lowest BCUT2D eigenvalue weighted by molar-refractivity contribution is -0.140. The van der Waals surface area contributed by atoms with E-state index in [2.05, 4.69) is 5.32 Å². The zero-order chi connectivity index (χ0) is 29.1. The number of aryl methyl sites for hydroxylation is 1. The van der Waals surface area contributed by atoms with E-state index in [9.17, 15) is 18.0 Å². The predicted octanol–water partition coefficient (Wildman–Crippen LogP) is 5.22. The highest BCUT2D eigenvalue weighted by atomic mass is 35.5. The molecule has 0 saturated heterocycles. The second kappa shape index (κ2) is 14.9. The topological polar surface area (TPSA) is 86.8 Å². The van der Waals surface area contributed by atoms with Gasteiger partial charge in [-0.05, 0) is 47.7 Å². The molecule has 2 amide bonds. The number of unbranched alkanes of at least 4 members (excludes halogenated alkanes) is 1. The minimum Gasteiger partial charge on any atom is -0.354 e. The number of nitrogens with zero attached hydrogens (tertiary/aromatic N) is 2. The molecule has 0 bridgehead atoms. The number of sulfonamides is 1. The van der Waals surface area contributed by atoms with Gasteiger partial charge in [-0.15, -0.1) is 0 Å². The Bertz CT molecular complexity index is 1360. The van der Waals surface area contributed by atoms with Crippen LogP contribution in [0.4, 0.5) is 5.69 Å². The molecule has 0 aliphatic carbocycles. The fraction of sp³-hybridized carbons (Fsp3) is 0.355. The number of carbonyl (C=O) groups is 2. The third-order valence-corrected chi connectivity index (χ3v) is 8.07. The van der Waals surface area contributed by atoms with Gasteiger partial charge in [0.05, 0.1) is 11.9 Å². The van der Waals surface area contributed by atoms with E-state index in [1.807, 2.05) is 56.3 Å². The van der Waals surface area contributed by atoms with Crippen molar-refractivity contribution in [2.24, 2.45) is 0 Å². The molecular weight excluding hydrogens is 546 g/mol. The van der Waals surface area contributed by atoms with Crippen molar-refractivity contribution in [3.05, 3.63) is 101 Å². The summed E-state index contributed by atoms with van der Waals surface area (Å²) in [6.45, 7) is 4.14. The number of nitrogens with one attached hydrogen (secondary N) is 1. The Morgan fingerprint density at radius 1 is 0.900 bits per heavy atom. The van der Waals surface area contributed by atoms with Gasteiger partial charge in [0.1, 0.15) is 12.6 Å². The van der Waals surface area contributed by atoms with E-state index < -0.39 is 28.5 Å². The van der Waals surface area contributed by atoms with Gasteiger partial charge in [0.25, 0.3) is 0 Å². The van der Waals surface area contributed by atoms with Gasteiger partial charge in [-0.25, -0.2) is 8.42 Å². The lowest BCUT2D eigenvalue weighted by Crippen LogP contribution is -2.53. The number of hydrogen-bond donors (Lipinski definition) is 1. The zero-order valence-electron chi connectivity index (χ0n) is 23.3. The van der Waals surface area contributed by atoms with Gasteiger partial charge in [0.15, 0.2) is 0 Å². The molecule has 0 aliphatic rings. The SMILES string of the molecule is CCCCNC(=O)[C@H](Cc1ccccc1)N(Cc1ccc(Cl)cc1)C(=O)CN(c1ccccc1CC)S(C)(=O)=O. The molecule has 3 rings (SSSR count). The van der Waals surface area contributed by atoms with Crippen molar-refractivity contribution in [2.75, 3.05) is 23.7 Å². The number of halogens is 1. The van der Waals surface area contributed by atoms with Crippen molar-refractivity contribution >= 4 is 39.1 Å². The minimum absolute atomic E-state index is 0.113. The van der Waals surface area contributed by atoms with E-state index in [0.717, 1.165) is 40.1 Å². The second-order valence-corrected chi connectivity index (χ2v) is 12.1. The van der Waals surface area contributed by atoms with Gasteiger partial charge >= 0.3 is 0 Å². The summed E-state index contributed by atoms with van der Waals surface area (Å²) in [5.41, 5.74) is 2.93. The quantitative estimate of drug-likeness (QED) is 0.263. The predicted molar refractivity (Wildman–Crippen MR) is 162 cm³/mol. The van der Waals surface area contributed by atoms with Crippen LogP contribution in [0.1, 0.15) is 43.4 Å². The Labute approximate surface area is 243 Å². The molecular formula is C31H38ClN3O4S. The van der Waals surface area contributed by atoms with Gasteiger partial charge in [-0.1, -0.05) is 92.5 Å². The number of carbonyl (C=O) groups excluding carboxylic acids is 2. The zero-order valence-corrected chi connectivity index (χ0v) is 24.9. The van der Waals surface area contributed by atoms with Crippen LogP contribution in [0.2, 0.25) is 5.02 Å². The highest BCUT2D eigenvalue weighted by molar-refractivity contribution is 7.92. The minimum atomic E-state index is -3.81. The Balaban J connectivity index is 2.05. The van der Waals surface area contributed by atoms with Crippen molar-refractivity contribution in [2.45, 2.75) is 52.1 Å². The van der Waals surface area contributed by atoms with E-state index in [-0.39, 0.29) is 18.9 Å². The third-order valence-electron chi connectivity index (χ3n) is 6.69. The number of amides is 2. The van der Waals surface area contributed by atoms with Crippen molar-refractivity contribution < 1.29 is 18.0 Å². The van der Waals surface area contributed by atoms with E-state index in [1.54, 1.807) is 36.4 Å². The highest BCUT2D eigenvalue weighted by Crippen LogP contribution is 2.25. The first kappa shape index (κ1) is 31.2. The summed E-state index contributed by atoms with van der Waals surface area (Å²) in [5, 5.41) is 3.54. The van der Waals surface area contributed by atoms with E-state index in [4.69, 9.17) is 11.6 Å². The molecule has 1 N–H and O–H groups in total. The summed E-state index contributed by atoms with van der Waals surface area (Å²) in [7, 11) is -3.81. The van der Waals surface area contributed by atoms with E-state index in [1.165, 1.54) is 4.90 Å². The summed E-state index contributed by atoms with van der Waals surface area (Å²) >= 11 is 6.10. The number of rotatable bonds is 14. The van der Waals surface area contributed by atoms with Crippen LogP contribution in [0.3, 0.4) is 0 Å². The maximum atomic E-state index is 14.1. The van der Waals surface area contributed by atoms with Crippen LogP contribution in [-0.2, 0) is 39.0 Å². The van der Waals surface area contributed by atoms with Crippen LogP contribution in [0, 0.1) is 0 Å². The summed E-state index contributed by atoms with van der Waals surface area (Å²) in [6, 6.07) is 22.9. The number of benzene rings is 3. The average molecular weight is 584 g/mol. The molecule has 9 heteroatoms. The lowest BCUT2D eigenvalue weighted by Gasteiger charge is -2.34. The number of anilines is 1. The molecule has 214 valence electrons. The van der Waals surface area contributed by atoms with Gasteiger partial charge in [-0.3, -0.25) is 13.9 Å². The largest absolute Gasteiger partial charge is 0.354 e. The lowest BCUT2D eigenvalue weighted by atomic mass is 10.0. The fourth-order valence-corrected chi connectivity index (χ4v) is 5.50. The van der Waals surface area contributed by atoms with E-state index >= 15 is 0 Å². The van der Waals surface area contributed by atoms with Gasteiger partial charge in [-0.2, -0.15) is 0 Å². The molecule has 0 heterocycles. The molecule has 0 fully saturated rings. The first-order valence-electron chi connectivity index (χ1n) is 13.5. The maximum Gasteiger partial charge on any atom is 0.244 e. The normalized spacial score (nSPS) is 12.0. The van der Waals surface area contributed by atoms with Crippen LogP contribution in [0.15, 0.2) is 78.9 Å². The third kappa shape index (κ3) is 8.83. The fourth-order valence-electron chi connectivity index (χ4n) is 4.49. The second-order valence-electron chi connectivity index (χ2n) is 9.75. The van der Waals surface area contributed by atoms with Gasteiger partial charge in [0, 0.05) is 24.5 Å².